The molecule has 1 saturated heterocycles. The number of nitrogens with zero attached hydrogens (tertiary/aromatic N) is 2. The predicted octanol–water partition coefficient (Wildman–Crippen LogP) is 2.18. The molecule has 17 heavy (non-hydrogen) atoms. The summed E-state index contributed by atoms with van der Waals surface area (Å²) in [5.74, 6) is 0. The molecule has 2 atom stereocenters. The topological polar surface area (TPSA) is 42.1 Å². The van der Waals surface area contributed by atoms with Gasteiger partial charge in [-0.3, -0.25) is 4.98 Å². The molecule has 1 aliphatic heterocycles. The van der Waals surface area contributed by atoms with E-state index in [1.165, 1.54) is 5.69 Å². The fraction of sp³-hybridized carbons (Fsp3) is 0.615. The van der Waals surface area contributed by atoms with Gasteiger partial charge in [-0.1, -0.05) is 13.8 Å². The molecule has 2 unspecified atom stereocenters. The standard InChI is InChI=1S/C13H21N3S/c1-9-4-13(12(5-14)6-15-9)16-7-10(2)17-11(3)8-16/h4,6,10-11H,5,7-8,14H2,1-3H3. The first-order valence-corrected chi connectivity index (χ1v) is 7.10. The van der Waals surface area contributed by atoms with Crippen molar-refractivity contribution in [3.05, 3.63) is 23.5 Å². The molecule has 3 nitrogen and oxygen atoms in total. The van der Waals surface area contributed by atoms with Crippen molar-refractivity contribution in [2.24, 2.45) is 5.73 Å². The average molecular weight is 251 g/mol. The second kappa shape index (κ2) is 5.27. The van der Waals surface area contributed by atoms with E-state index in [2.05, 4.69) is 41.6 Å². The van der Waals surface area contributed by atoms with E-state index in [1.54, 1.807) is 0 Å². The lowest BCUT2D eigenvalue weighted by atomic mass is 10.1. The Bertz CT molecular complexity index is 384. The second-order valence-corrected chi connectivity index (χ2v) is 6.70. The fourth-order valence-corrected chi connectivity index (χ4v) is 3.73. The molecule has 1 aromatic rings. The van der Waals surface area contributed by atoms with Crippen LogP contribution in [0.3, 0.4) is 0 Å². The Morgan fingerprint density at radius 1 is 1.41 bits per heavy atom. The monoisotopic (exact) mass is 251 g/mol. The van der Waals surface area contributed by atoms with Gasteiger partial charge < -0.3 is 10.6 Å². The van der Waals surface area contributed by atoms with Gasteiger partial charge in [0.2, 0.25) is 0 Å². The largest absolute Gasteiger partial charge is 0.369 e. The number of nitrogens with two attached hydrogens (primary N) is 1. The summed E-state index contributed by atoms with van der Waals surface area (Å²) in [7, 11) is 0. The van der Waals surface area contributed by atoms with Crippen molar-refractivity contribution in [2.45, 2.75) is 37.8 Å². The molecular weight excluding hydrogens is 230 g/mol. The van der Waals surface area contributed by atoms with Crippen molar-refractivity contribution >= 4 is 17.4 Å². The highest BCUT2D eigenvalue weighted by Crippen LogP contribution is 2.30. The van der Waals surface area contributed by atoms with Crippen LogP contribution >= 0.6 is 11.8 Å². The molecule has 1 aromatic heterocycles. The van der Waals surface area contributed by atoms with Crippen molar-refractivity contribution in [3.63, 3.8) is 0 Å². The van der Waals surface area contributed by atoms with Gasteiger partial charge in [0.15, 0.2) is 0 Å². The summed E-state index contributed by atoms with van der Waals surface area (Å²) < 4.78 is 0. The minimum Gasteiger partial charge on any atom is -0.369 e. The van der Waals surface area contributed by atoms with Crippen molar-refractivity contribution in [2.75, 3.05) is 18.0 Å². The molecule has 0 aromatic carbocycles. The van der Waals surface area contributed by atoms with E-state index in [9.17, 15) is 0 Å². The molecule has 2 heterocycles. The number of aryl methyl sites for hydroxylation is 1. The quantitative estimate of drug-likeness (QED) is 0.875. The Labute approximate surface area is 108 Å². The molecule has 0 saturated carbocycles. The van der Waals surface area contributed by atoms with Crippen molar-refractivity contribution in [3.8, 4) is 0 Å². The smallest absolute Gasteiger partial charge is 0.0446 e. The van der Waals surface area contributed by atoms with Crippen LogP contribution in [0.15, 0.2) is 12.3 Å². The Morgan fingerprint density at radius 2 is 2.06 bits per heavy atom. The summed E-state index contributed by atoms with van der Waals surface area (Å²) in [5.41, 5.74) is 9.30. The number of hydrogen-bond donors (Lipinski definition) is 1. The number of pyridine rings is 1. The zero-order chi connectivity index (χ0) is 12.4. The summed E-state index contributed by atoms with van der Waals surface area (Å²) >= 11 is 2.07. The molecule has 1 fully saturated rings. The number of thioether (sulfide) groups is 1. The minimum absolute atomic E-state index is 0.565. The Kier molecular flexibility index (Phi) is 3.94. The molecule has 2 N–H and O–H groups in total. The normalized spacial score (nSPS) is 25.1. The number of anilines is 1. The number of rotatable bonds is 2. The van der Waals surface area contributed by atoms with Gasteiger partial charge in [-0.05, 0) is 13.0 Å². The van der Waals surface area contributed by atoms with Crippen molar-refractivity contribution < 1.29 is 0 Å². The van der Waals surface area contributed by atoms with Crippen LogP contribution in [0.1, 0.15) is 25.1 Å². The van der Waals surface area contributed by atoms with Crippen LogP contribution < -0.4 is 10.6 Å². The minimum atomic E-state index is 0.565. The highest BCUT2D eigenvalue weighted by molar-refractivity contribution is 8.00. The molecule has 0 aliphatic carbocycles. The van der Waals surface area contributed by atoms with E-state index in [4.69, 9.17) is 5.73 Å². The van der Waals surface area contributed by atoms with Crippen LogP contribution in [-0.4, -0.2) is 28.6 Å². The molecule has 94 valence electrons. The van der Waals surface area contributed by atoms with Crippen LogP contribution in [0.25, 0.3) is 0 Å². The summed E-state index contributed by atoms with van der Waals surface area (Å²) in [6.07, 6.45) is 1.92. The summed E-state index contributed by atoms with van der Waals surface area (Å²) in [6.45, 7) is 9.40. The lowest BCUT2D eigenvalue weighted by Crippen LogP contribution is -2.41. The summed E-state index contributed by atoms with van der Waals surface area (Å²) in [4.78, 5) is 6.79. The van der Waals surface area contributed by atoms with E-state index in [-0.39, 0.29) is 0 Å². The molecular formula is C13H21N3S. The predicted molar refractivity (Wildman–Crippen MR) is 75.6 cm³/mol. The maximum Gasteiger partial charge on any atom is 0.0446 e. The maximum absolute atomic E-state index is 5.80. The van der Waals surface area contributed by atoms with Gasteiger partial charge in [-0.2, -0.15) is 11.8 Å². The first-order chi connectivity index (χ1) is 8.10. The van der Waals surface area contributed by atoms with E-state index < -0.39 is 0 Å². The first kappa shape index (κ1) is 12.7. The lowest BCUT2D eigenvalue weighted by molar-refractivity contribution is 0.722. The highest BCUT2D eigenvalue weighted by Gasteiger charge is 2.23. The lowest BCUT2D eigenvalue weighted by Gasteiger charge is -2.37. The van der Waals surface area contributed by atoms with Gasteiger partial charge in [-0.25, -0.2) is 0 Å². The molecule has 0 radical (unpaired) electrons. The van der Waals surface area contributed by atoms with Gasteiger partial charge in [0.25, 0.3) is 0 Å². The Balaban J connectivity index is 2.28. The van der Waals surface area contributed by atoms with Gasteiger partial charge in [0.1, 0.15) is 0 Å². The van der Waals surface area contributed by atoms with E-state index >= 15 is 0 Å². The van der Waals surface area contributed by atoms with E-state index in [0.717, 1.165) is 24.3 Å². The van der Waals surface area contributed by atoms with Crippen molar-refractivity contribution in [1.29, 1.82) is 0 Å². The highest BCUT2D eigenvalue weighted by atomic mass is 32.2. The van der Waals surface area contributed by atoms with Gasteiger partial charge in [0, 0.05) is 53.3 Å². The molecule has 0 bridgehead atoms. The Hall–Kier alpha value is -0.740. The van der Waals surface area contributed by atoms with Crippen LogP contribution in [-0.2, 0) is 6.54 Å². The van der Waals surface area contributed by atoms with E-state index in [1.807, 2.05) is 13.1 Å². The maximum atomic E-state index is 5.80. The average Bonchev–Trinajstić information content (AvgIpc) is 2.27. The van der Waals surface area contributed by atoms with Crippen LogP contribution in [0.4, 0.5) is 5.69 Å². The number of aromatic nitrogens is 1. The third kappa shape index (κ3) is 2.93. The molecule has 1 aliphatic rings. The molecule has 4 heteroatoms. The zero-order valence-electron chi connectivity index (χ0n) is 10.8. The van der Waals surface area contributed by atoms with E-state index in [0.29, 0.717) is 17.0 Å². The Morgan fingerprint density at radius 3 is 2.65 bits per heavy atom. The summed E-state index contributed by atoms with van der Waals surface area (Å²) in [5, 5.41) is 1.36. The van der Waals surface area contributed by atoms with Crippen LogP contribution in [0.2, 0.25) is 0 Å². The third-order valence-electron chi connectivity index (χ3n) is 3.08. The SMILES string of the molecule is Cc1cc(N2CC(C)SC(C)C2)c(CN)cn1. The number of hydrogen-bond acceptors (Lipinski definition) is 4. The molecule has 2 rings (SSSR count). The van der Waals surface area contributed by atoms with Crippen molar-refractivity contribution in [1.82, 2.24) is 4.98 Å². The van der Waals surface area contributed by atoms with Crippen LogP contribution in [0.5, 0.6) is 0 Å². The van der Waals surface area contributed by atoms with Gasteiger partial charge in [-0.15, -0.1) is 0 Å². The van der Waals surface area contributed by atoms with Gasteiger partial charge in [0.05, 0.1) is 0 Å². The molecule has 0 amide bonds. The third-order valence-corrected chi connectivity index (χ3v) is 4.31. The van der Waals surface area contributed by atoms with Gasteiger partial charge >= 0.3 is 0 Å². The second-order valence-electron chi connectivity index (χ2n) is 4.82. The first-order valence-electron chi connectivity index (χ1n) is 6.16. The van der Waals surface area contributed by atoms with Crippen LogP contribution in [0, 0.1) is 6.92 Å². The zero-order valence-corrected chi connectivity index (χ0v) is 11.6. The fourth-order valence-electron chi connectivity index (χ4n) is 2.40. The molecule has 0 spiro atoms. The summed E-state index contributed by atoms with van der Waals surface area (Å²) in [6, 6.07) is 2.16.